The predicted molar refractivity (Wildman–Crippen MR) is 136 cm³/mol. The molecule has 1 aromatic heterocycles. The van der Waals surface area contributed by atoms with Crippen LogP contribution in [-0.2, 0) is 4.79 Å². The van der Waals surface area contributed by atoms with Crippen LogP contribution in [0.25, 0.3) is 10.9 Å². The molecule has 1 amide bonds. The van der Waals surface area contributed by atoms with Crippen molar-refractivity contribution in [2.24, 2.45) is 10.8 Å². The lowest BCUT2D eigenvalue weighted by atomic mass is 10.1. The van der Waals surface area contributed by atoms with Crippen molar-refractivity contribution in [2.45, 2.75) is 26.2 Å². The van der Waals surface area contributed by atoms with E-state index in [2.05, 4.69) is 43.6 Å². The number of primary amides is 1. The van der Waals surface area contributed by atoms with Gasteiger partial charge in [-0.1, -0.05) is 29.8 Å². The van der Waals surface area contributed by atoms with Crippen LogP contribution >= 0.6 is 38.5 Å². The van der Waals surface area contributed by atoms with E-state index >= 15 is 0 Å². The molecule has 0 saturated heterocycles. The summed E-state index contributed by atoms with van der Waals surface area (Å²) in [7, 11) is 1.50. The van der Waals surface area contributed by atoms with E-state index in [9.17, 15) is 9.59 Å². The fourth-order valence-electron chi connectivity index (χ4n) is 3.00. The molecule has 0 aliphatic heterocycles. The predicted octanol–water partition coefficient (Wildman–Crippen LogP) is 4.03. The molecule has 3 rings (SSSR count). The number of carbonyl (C=O) groups is 1. The van der Waals surface area contributed by atoms with Gasteiger partial charge in [0.05, 0.1) is 27.8 Å². The van der Waals surface area contributed by atoms with E-state index in [1.54, 1.807) is 18.3 Å². The van der Waals surface area contributed by atoms with Gasteiger partial charge in [0, 0.05) is 10.4 Å². The number of aromatic nitrogens is 2. The number of fused-ring (bicyclic) bond motifs is 1. The Hall–Kier alpha value is -2.47. The Bertz CT molecular complexity index is 1260. The standard InChI is InChI=1S/C22H22BrIN4O4/c1-4-12(2)21-27-17-6-5-14(23)9-15(17)22(30)28(21)26-10-13-7-16(24)20(18(8-13)31-3)32-11-19(25)29/h5-10,12H,4,11H2,1-3H3,(H2,25,29)/t12-/m1/s1. The van der Waals surface area contributed by atoms with Gasteiger partial charge in [0.25, 0.3) is 11.5 Å². The third-order valence-electron chi connectivity index (χ3n) is 4.82. The van der Waals surface area contributed by atoms with Crippen molar-refractivity contribution >= 4 is 61.5 Å². The Morgan fingerprint density at radius 2 is 2.12 bits per heavy atom. The lowest BCUT2D eigenvalue weighted by Gasteiger charge is -2.14. The number of nitrogens with zero attached hydrogens (tertiary/aromatic N) is 3. The molecule has 0 radical (unpaired) electrons. The molecule has 3 aromatic rings. The van der Waals surface area contributed by atoms with Crippen molar-refractivity contribution in [1.29, 1.82) is 0 Å². The molecule has 0 saturated carbocycles. The molecular weight excluding hydrogens is 591 g/mol. The first-order chi connectivity index (χ1) is 15.2. The van der Waals surface area contributed by atoms with Crippen LogP contribution in [0.2, 0.25) is 0 Å². The summed E-state index contributed by atoms with van der Waals surface area (Å²) in [5, 5.41) is 4.95. The zero-order valence-corrected chi connectivity index (χ0v) is 21.5. The molecule has 1 atom stereocenters. The second-order valence-corrected chi connectivity index (χ2v) is 9.17. The molecular formula is C22H22BrIN4O4. The summed E-state index contributed by atoms with van der Waals surface area (Å²) in [5.41, 5.74) is 6.24. The quantitative estimate of drug-likeness (QED) is 0.305. The molecule has 168 valence electrons. The largest absolute Gasteiger partial charge is 0.493 e. The maximum absolute atomic E-state index is 13.2. The Morgan fingerprint density at radius 1 is 1.38 bits per heavy atom. The van der Waals surface area contributed by atoms with Gasteiger partial charge < -0.3 is 15.2 Å². The topological polar surface area (TPSA) is 109 Å². The molecule has 0 spiro atoms. The first-order valence-electron chi connectivity index (χ1n) is 9.80. The van der Waals surface area contributed by atoms with Crippen molar-refractivity contribution in [3.05, 3.63) is 60.1 Å². The molecule has 0 bridgehead atoms. The normalized spacial score (nSPS) is 12.3. The molecule has 2 N–H and O–H groups in total. The molecule has 8 nitrogen and oxygen atoms in total. The lowest BCUT2D eigenvalue weighted by molar-refractivity contribution is -0.119. The molecule has 32 heavy (non-hydrogen) atoms. The van der Waals surface area contributed by atoms with Gasteiger partial charge in [-0.2, -0.15) is 9.78 Å². The maximum Gasteiger partial charge on any atom is 0.282 e. The molecule has 0 aliphatic carbocycles. The third-order valence-corrected chi connectivity index (χ3v) is 6.11. The highest BCUT2D eigenvalue weighted by molar-refractivity contribution is 14.1. The minimum atomic E-state index is -0.583. The number of rotatable bonds is 8. The summed E-state index contributed by atoms with van der Waals surface area (Å²) in [6, 6.07) is 8.94. The Morgan fingerprint density at radius 3 is 2.78 bits per heavy atom. The number of methoxy groups -OCH3 is 1. The second-order valence-electron chi connectivity index (χ2n) is 7.09. The summed E-state index contributed by atoms with van der Waals surface area (Å²) >= 11 is 5.49. The number of hydrogen-bond donors (Lipinski definition) is 1. The van der Waals surface area contributed by atoms with Crippen LogP contribution in [0.1, 0.15) is 37.6 Å². The maximum atomic E-state index is 13.2. The Balaban J connectivity index is 2.09. The molecule has 0 aliphatic rings. The zero-order valence-electron chi connectivity index (χ0n) is 17.8. The number of halogens is 2. The van der Waals surface area contributed by atoms with Gasteiger partial charge in [-0.15, -0.1) is 0 Å². The van der Waals surface area contributed by atoms with Crippen molar-refractivity contribution < 1.29 is 14.3 Å². The average Bonchev–Trinajstić information content (AvgIpc) is 2.76. The van der Waals surface area contributed by atoms with Gasteiger partial charge in [-0.3, -0.25) is 9.59 Å². The zero-order chi connectivity index (χ0) is 23.4. The van der Waals surface area contributed by atoms with Crippen LogP contribution in [0.5, 0.6) is 11.5 Å². The van der Waals surface area contributed by atoms with E-state index in [-0.39, 0.29) is 18.1 Å². The number of amides is 1. The summed E-state index contributed by atoms with van der Waals surface area (Å²) in [6.07, 6.45) is 2.38. The van der Waals surface area contributed by atoms with E-state index in [4.69, 9.17) is 20.2 Å². The van der Waals surface area contributed by atoms with Gasteiger partial charge in [0.15, 0.2) is 18.1 Å². The van der Waals surface area contributed by atoms with E-state index < -0.39 is 5.91 Å². The van der Waals surface area contributed by atoms with Crippen molar-refractivity contribution in [2.75, 3.05) is 13.7 Å². The van der Waals surface area contributed by atoms with E-state index in [0.29, 0.717) is 37.4 Å². The molecule has 0 unspecified atom stereocenters. The van der Waals surface area contributed by atoms with Gasteiger partial charge >= 0.3 is 0 Å². The highest BCUT2D eigenvalue weighted by Gasteiger charge is 2.16. The van der Waals surface area contributed by atoms with Gasteiger partial charge in [0.2, 0.25) is 0 Å². The van der Waals surface area contributed by atoms with Gasteiger partial charge in [0.1, 0.15) is 5.82 Å². The smallest absolute Gasteiger partial charge is 0.282 e. The molecule has 1 heterocycles. The van der Waals surface area contributed by atoms with E-state index in [1.807, 2.05) is 32.0 Å². The third kappa shape index (κ3) is 5.29. The van der Waals surface area contributed by atoms with E-state index in [1.165, 1.54) is 11.8 Å². The SMILES string of the molecule is CC[C@@H](C)c1nc2ccc(Br)cc2c(=O)n1N=Cc1cc(I)c(OCC(N)=O)c(OC)c1. The molecule has 2 aromatic carbocycles. The highest BCUT2D eigenvalue weighted by Crippen LogP contribution is 2.33. The van der Waals surface area contributed by atoms with Gasteiger partial charge in [-0.25, -0.2) is 4.98 Å². The number of benzene rings is 2. The number of nitrogens with two attached hydrogens (primary N) is 1. The summed E-state index contributed by atoms with van der Waals surface area (Å²) < 4.78 is 13.7. The van der Waals surface area contributed by atoms with Crippen LogP contribution in [0, 0.1) is 3.57 Å². The van der Waals surface area contributed by atoms with Crippen LogP contribution < -0.4 is 20.8 Å². The minimum Gasteiger partial charge on any atom is -0.493 e. The van der Waals surface area contributed by atoms with Crippen molar-refractivity contribution in [3.63, 3.8) is 0 Å². The van der Waals surface area contributed by atoms with Crippen LogP contribution in [0.3, 0.4) is 0 Å². The van der Waals surface area contributed by atoms with Gasteiger partial charge in [-0.05, 0) is 64.9 Å². The highest BCUT2D eigenvalue weighted by atomic mass is 127. The first-order valence-corrected chi connectivity index (χ1v) is 11.7. The van der Waals surface area contributed by atoms with Crippen molar-refractivity contribution in [3.8, 4) is 11.5 Å². The molecule has 0 fully saturated rings. The summed E-state index contributed by atoms with van der Waals surface area (Å²) in [5.74, 6) is 0.882. The second kappa shape index (κ2) is 10.4. The minimum absolute atomic E-state index is 0.0344. The Labute approximate surface area is 207 Å². The van der Waals surface area contributed by atoms with Crippen molar-refractivity contribution in [1.82, 2.24) is 9.66 Å². The fourth-order valence-corrected chi connectivity index (χ4v) is 4.14. The monoisotopic (exact) mass is 612 g/mol. The average molecular weight is 613 g/mol. The fraction of sp³-hybridized carbons (Fsp3) is 0.273. The van der Waals surface area contributed by atoms with Crippen LogP contribution in [0.4, 0.5) is 0 Å². The Kier molecular flexibility index (Phi) is 7.88. The first kappa shape index (κ1) is 24.2. The number of carbonyl (C=O) groups excluding carboxylic acids is 1. The summed E-state index contributed by atoms with van der Waals surface area (Å²) in [6.45, 7) is 3.79. The number of hydrogen-bond acceptors (Lipinski definition) is 6. The number of ether oxygens (including phenoxy) is 2. The lowest BCUT2D eigenvalue weighted by Crippen LogP contribution is -2.23. The molecule has 10 heteroatoms. The van der Waals surface area contributed by atoms with E-state index in [0.717, 1.165) is 10.9 Å². The summed E-state index contributed by atoms with van der Waals surface area (Å²) in [4.78, 5) is 29.0. The van der Waals surface area contributed by atoms with Crippen LogP contribution in [-0.4, -0.2) is 35.5 Å². The van der Waals surface area contributed by atoms with Crippen LogP contribution in [0.15, 0.2) is 44.7 Å².